The van der Waals surface area contributed by atoms with Crippen molar-refractivity contribution in [2.45, 2.75) is 60.0 Å². The van der Waals surface area contributed by atoms with Crippen LogP contribution in [0, 0.1) is 5.92 Å². The Bertz CT molecular complexity index is 857. The zero-order valence-electron chi connectivity index (χ0n) is 16.2. The minimum absolute atomic E-state index is 0.0198. The van der Waals surface area contributed by atoms with Gasteiger partial charge in [0.1, 0.15) is 11.2 Å². The first kappa shape index (κ1) is 20.4. The minimum Gasteiger partial charge on any atom is -0.341 e. The highest BCUT2D eigenvalue weighted by atomic mass is 32.1. The Morgan fingerprint density at radius 1 is 1.15 bits per heavy atom. The van der Waals surface area contributed by atoms with Gasteiger partial charge in [0.25, 0.3) is 5.56 Å². The summed E-state index contributed by atoms with van der Waals surface area (Å²) in [4.78, 5) is 40.2. The molecule has 6 nitrogen and oxygen atoms in total. The van der Waals surface area contributed by atoms with Crippen LogP contribution >= 0.6 is 11.3 Å². The van der Waals surface area contributed by atoms with Gasteiger partial charge in [-0.15, -0.1) is 11.3 Å². The number of hydrogen-bond donors (Lipinski definition) is 0. The Morgan fingerprint density at radius 3 is 2.38 bits per heavy atom. The van der Waals surface area contributed by atoms with Crippen LogP contribution in [0.3, 0.4) is 0 Å². The molecule has 144 valence electrons. The topological polar surface area (TPSA) is 64.3 Å². The summed E-state index contributed by atoms with van der Waals surface area (Å²) in [6.07, 6.45) is 2.50. The molecular formula is C19H29N3O3S. The van der Waals surface area contributed by atoms with E-state index in [0.717, 1.165) is 19.3 Å². The molecule has 0 saturated carbocycles. The number of rotatable bonds is 9. The minimum atomic E-state index is -0.386. The van der Waals surface area contributed by atoms with E-state index < -0.39 is 0 Å². The molecule has 0 aliphatic rings. The molecule has 0 aliphatic carbocycles. The number of nitrogens with zero attached hydrogens (tertiary/aromatic N) is 3. The molecule has 0 aromatic carbocycles. The molecule has 0 atom stereocenters. The SMILES string of the molecule is CCCN(CCC)C(=O)Cn1c(=O)n(CCC(C)C)c(=O)c2sccc21. The lowest BCUT2D eigenvalue weighted by atomic mass is 10.1. The van der Waals surface area contributed by atoms with Gasteiger partial charge < -0.3 is 4.90 Å². The monoisotopic (exact) mass is 379 g/mol. The molecule has 0 radical (unpaired) electrons. The molecule has 0 spiro atoms. The average molecular weight is 380 g/mol. The maximum atomic E-state index is 12.9. The van der Waals surface area contributed by atoms with Crippen LogP contribution in [0.2, 0.25) is 0 Å². The summed E-state index contributed by atoms with van der Waals surface area (Å²) in [5, 5.41) is 1.80. The van der Waals surface area contributed by atoms with E-state index in [2.05, 4.69) is 13.8 Å². The second-order valence-corrected chi connectivity index (χ2v) is 7.94. The second-order valence-electron chi connectivity index (χ2n) is 7.02. The lowest BCUT2D eigenvalue weighted by Crippen LogP contribution is -2.43. The molecule has 1 amide bonds. The highest BCUT2D eigenvalue weighted by molar-refractivity contribution is 7.17. The van der Waals surface area contributed by atoms with E-state index in [0.29, 0.717) is 35.8 Å². The number of carbonyl (C=O) groups excluding carboxylic acids is 1. The van der Waals surface area contributed by atoms with Gasteiger partial charge >= 0.3 is 5.69 Å². The molecule has 2 rings (SSSR count). The second kappa shape index (κ2) is 9.16. The van der Waals surface area contributed by atoms with Crippen molar-refractivity contribution in [1.29, 1.82) is 0 Å². The lowest BCUT2D eigenvalue weighted by molar-refractivity contribution is -0.131. The molecule has 0 saturated heterocycles. The molecule has 0 N–H and O–H groups in total. The summed E-state index contributed by atoms with van der Waals surface area (Å²) in [5.74, 6) is 0.317. The summed E-state index contributed by atoms with van der Waals surface area (Å²) < 4.78 is 3.29. The molecule has 7 heteroatoms. The number of fused-ring (bicyclic) bond motifs is 1. The van der Waals surface area contributed by atoms with Crippen LogP contribution in [0.4, 0.5) is 0 Å². The van der Waals surface area contributed by atoms with Gasteiger partial charge in [0.15, 0.2) is 0 Å². The Balaban J connectivity index is 2.45. The molecule has 0 unspecified atom stereocenters. The molecule has 2 heterocycles. The van der Waals surface area contributed by atoms with E-state index in [4.69, 9.17) is 0 Å². The predicted molar refractivity (Wildman–Crippen MR) is 107 cm³/mol. The number of hydrogen-bond acceptors (Lipinski definition) is 4. The third-order valence-electron chi connectivity index (χ3n) is 4.40. The van der Waals surface area contributed by atoms with E-state index in [9.17, 15) is 14.4 Å². The summed E-state index contributed by atoms with van der Waals surface area (Å²) in [6, 6.07) is 1.76. The van der Waals surface area contributed by atoms with Gasteiger partial charge in [-0.1, -0.05) is 27.7 Å². The zero-order chi connectivity index (χ0) is 19.3. The van der Waals surface area contributed by atoms with E-state index in [1.807, 2.05) is 13.8 Å². The molecule has 2 aromatic heterocycles. The molecule has 0 bridgehead atoms. The Labute approximate surface area is 158 Å². The van der Waals surface area contributed by atoms with E-state index in [-0.39, 0.29) is 23.7 Å². The average Bonchev–Trinajstić information content (AvgIpc) is 3.07. The number of amides is 1. The first-order chi connectivity index (χ1) is 12.4. The standard InChI is InChI=1S/C19H29N3O3S/c1-5-9-20(10-6-2)16(23)13-22-15-8-12-26-17(15)18(24)21(19(22)25)11-7-14(3)4/h8,12,14H,5-7,9-11,13H2,1-4H3. The highest BCUT2D eigenvalue weighted by Gasteiger charge is 2.19. The van der Waals surface area contributed by atoms with Crippen LogP contribution in [0.15, 0.2) is 21.0 Å². The van der Waals surface area contributed by atoms with Gasteiger partial charge in [0, 0.05) is 19.6 Å². The Kier molecular flexibility index (Phi) is 7.20. The molecule has 26 heavy (non-hydrogen) atoms. The van der Waals surface area contributed by atoms with Crippen LogP contribution in [-0.2, 0) is 17.9 Å². The zero-order valence-corrected chi connectivity index (χ0v) is 17.0. The Morgan fingerprint density at radius 2 is 1.81 bits per heavy atom. The van der Waals surface area contributed by atoms with Crippen molar-refractivity contribution in [2.24, 2.45) is 5.92 Å². The van der Waals surface area contributed by atoms with Crippen LogP contribution in [-0.4, -0.2) is 33.0 Å². The van der Waals surface area contributed by atoms with Gasteiger partial charge in [-0.2, -0.15) is 0 Å². The van der Waals surface area contributed by atoms with Gasteiger partial charge in [0.2, 0.25) is 5.91 Å². The van der Waals surface area contributed by atoms with Crippen molar-refractivity contribution in [1.82, 2.24) is 14.0 Å². The fraction of sp³-hybridized carbons (Fsp3) is 0.632. The van der Waals surface area contributed by atoms with E-state index in [1.165, 1.54) is 20.5 Å². The third kappa shape index (κ3) is 4.44. The number of aromatic nitrogens is 2. The smallest absolute Gasteiger partial charge is 0.332 e. The summed E-state index contributed by atoms with van der Waals surface area (Å²) >= 11 is 1.32. The summed E-state index contributed by atoms with van der Waals surface area (Å²) in [6.45, 7) is 9.91. The maximum absolute atomic E-state index is 12.9. The fourth-order valence-electron chi connectivity index (χ4n) is 3.01. The number of carbonyl (C=O) groups is 1. The maximum Gasteiger partial charge on any atom is 0.332 e. The third-order valence-corrected chi connectivity index (χ3v) is 5.29. The largest absolute Gasteiger partial charge is 0.341 e. The van der Waals surface area contributed by atoms with E-state index in [1.54, 1.807) is 16.3 Å². The molecule has 0 aliphatic heterocycles. The van der Waals surface area contributed by atoms with Crippen molar-refractivity contribution < 1.29 is 4.79 Å². The molecular weight excluding hydrogens is 350 g/mol. The predicted octanol–water partition coefficient (Wildman–Crippen LogP) is 2.92. The first-order valence-electron chi connectivity index (χ1n) is 9.39. The van der Waals surface area contributed by atoms with Crippen molar-refractivity contribution in [3.63, 3.8) is 0 Å². The quantitative estimate of drug-likeness (QED) is 0.673. The van der Waals surface area contributed by atoms with Crippen LogP contribution < -0.4 is 11.2 Å². The first-order valence-corrected chi connectivity index (χ1v) is 10.3. The summed E-state index contributed by atoms with van der Waals surface area (Å²) in [5.41, 5.74) is -0.0711. The van der Waals surface area contributed by atoms with Gasteiger partial charge in [0.05, 0.1) is 5.52 Å². The van der Waals surface area contributed by atoms with Crippen molar-refractivity contribution >= 4 is 27.5 Å². The van der Waals surface area contributed by atoms with Crippen LogP contribution in [0.5, 0.6) is 0 Å². The summed E-state index contributed by atoms with van der Waals surface area (Å²) in [7, 11) is 0. The van der Waals surface area contributed by atoms with Crippen molar-refractivity contribution in [3.8, 4) is 0 Å². The van der Waals surface area contributed by atoms with Crippen LogP contribution in [0.1, 0.15) is 47.0 Å². The lowest BCUT2D eigenvalue weighted by Gasteiger charge is -2.22. The van der Waals surface area contributed by atoms with Gasteiger partial charge in [-0.25, -0.2) is 4.79 Å². The van der Waals surface area contributed by atoms with Crippen LogP contribution in [0.25, 0.3) is 10.2 Å². The normalized spacial score (nSPS) is 11.4. The Hall–Kier alpha value is -1.89. The van der Waals surface area contributed by atoms with Crippen molar-refractivity contribution in [3.05, 3.63) is 32.3 Å². The number of thiophene rings is 1. The van der Waals surface area contributed by atoms with Gasteiger partial charge in [-0.05, 0) is 36.6 Å². The van der Waals surface area contributed by atoms with Crippen molar-refractivity contribution in [2.75, 3.05) is 13.1 Å². The fourth-order valence-corrected chi connectivity index (χ4v) is 3.85. The molecule has 0 fully saturated rings. The highest BCUT2D eigenvalue weighted by Crippen LogP contribution is 2.16. The van der Waals surface area contributed by atoms with Gasteiger partial charge in [-0.3, -0.25) is 18.7 Å². The molecule has 2 aromatic rings. The van der Waals surface area contributed by atoms with E-state index >= 15 is 0 Å².